The van der Waals surface area contributed by atoms with Crippen LogP contribution in [0.1, 0.15) is 31.4 Å². The van der Waals surface area contributed by atoms with Gasteiger partial charge >= 0.3 is 0 Å². The summed E-state index contributed by atoms with van der Waals surface area (Å²) in [6.07, 6.45) is 6.53. The lowest BCUT2D eigenvalue weighted by Crippen LogP contribution is -2.24. The minimum Gasteiger partial charge on any atom is -0.313 e. The Bertz CT molecular complexity index is 362. The highest BCUT2D eigenvalue weighted by Gasteiger charge is 2.03. The van der Waals surface area contributed by atoms with Gasteiger partial charge in [-0.1, -0.05) is 44.0 Å². The van der Waals surface area contributed by atoms with Crippen LogP contribution in [0.4, 0.5) is 0 Å². The fraction of sp³-hybridized carbons (Fsp3) is 0.500. The molecule has 0 amide bonds. The van der Waals surface area contributed by atoms with Crippen LogP contribution < -0.4 is 5.32 Å². The summed E-state index contributed by atoms with van der Waals surface area (Å²) in [5, 5.41) is 3.33. The third-order valence-electron chi connectivity index (χ3n) is 2.86. The zero-order valence-corrected chi connectivity index (χ0v) is 11.6. The fourth-order valence-corrected chi connectivity index (χ4v) is 1.95. The van der Waals surface area contributed by atoms with Crippen molar-refractivity contribution in [1.82, 2.24) is 10.2 Å². The van der Waals surface area contributed by atoms with E-state index in [0.717, 1.165) is 39.1 Å². The molecule has 0 radical (unpaired) electrons. The van der Waals surface area contributed by atoms with Crippen LogP contribution in [0, 0.1) is 12.3 Å². The normalized spacial score (nSPS) is 10.6. The predicted molar refractivity (Wildman–Crippen MR) is 78.2 cm³/mol. The predicted octanol–water partition coefficient (Wildman–Crippen LogP) is 2.64. The van der Waals surface area contributed by atoms with E-state index >= 15 is 0 Å². The number of nitrogens with one attached hydrogen (secondary N) is 1. The highest BCUT2D eigenvalue weighted by molar-refractivity contribution is 5.22. The third-order valence-corrected chi connectivity index (χ3v) is 2.86. The summed E-state index contributed by atoms with van der Waals surface area (Å²) in [7, 11) is 0. The van der Waals surface area contributed by atoms with Gasteiger partial charge in [-0.3, -0.25) is 4.90 Å². The molecule has 0 heterocycles. The van der Waals surface area contributed by atoms with Crippen LogP contribution in [-0.2, 0) is 13.1 Å². The smallest absolute Gasteiger partial charge is 0.0601 e. The number of hydrogen-bond donors (Lipinski definition) is 1. The Morgan fingerprint density at radius 1 is 1.17 bits per heavy atom. The molecule has 1 rings (SSSR count). The van der Waals surface area contributed by atoms with Gasteiger partial charge in [-0.25, -0.2) is 0 Å². The molecule has 2 heteroatoms. The summed E-state index contributed by atoms with van der Waals surface area (Å²) in [4.78, 5) is 2.30. The first-order valence-electron chi connectivity index (χ1n) is 6.74. The van der Waals surface area contributed by atoms with Gasteiger partial charge in [0.1, 0.15) is 0 Å². The van der Waals surface area contributed by atoms with E-state index in [0.29, 0.717) is 0 Å². The second-order valence-corrected chi connectivity index (χ2v) is 4.51. The Morgan fingerprint density at radius 3 is 2.39 bits per heavy atom. The second-order valence-electron chi connectivity index (χ2n) is 4.51. The summed E-state index contributed by atoms with van der Waals surface area (Å²) in [6.45, 7) is 8.99. The van der Waals surface area contributed by atoms with Crippen molar-refractivity contribution in [2.75, 3.05) is 19.6 Å². The van der Waals surface area contributed by atoms with E-state index in [1.54, 1.807) is 0 Å². The molecule has 0 aliphatic rings. The third kappa shape index (κ3) is 5.35. The van der Waals surface area contributed by atoms with Crippen molar-refractivity contribution >= 4 is 0 Å². The fourth-order valence-electron chi connectivity index (χ4n) is 1.95. The van der Waals surface area contributed by atoms with E-state index in [2.05, 4.69) is 54.3 Å². The van der Waals surface area contributed by atoms with Crippen LogP contribution in [0.3, 0.4) is 0 Å². The zero-order chi connectivity index (χ0) is 13.2. The second kappa shape index (κ2) is 8.74. The van der Waals surface area contributed by atoms with Gasteiger partial charge in [-0.05, 0) is 30.6 Å². The number of nitrogens with zero attached hydrogens (tertiary/aromatic N) is 1. The molecule has 0 aliphatic carbocycles. The topological polar surface area (TPSA) is 15.3 Å². The van der Waals surface area contributed by atoms with E-state index in [-0.39, 0.29) is 0 Å². The van der Waals surface area contributed by atoms with Crippen molar-refractivity contribution in [1.29, 1.82) is 0 Å². The first kappa shape index (κ1) is 14.8. The highest BCUT2D eigenvalue weighted by atomic mass is 15.1. The monoisotopic (exact) mass is 244 g/mol. The van der Waals surface area contributed by atoms with Gasteiger partial charge in [0.25, 0.3) is 0 Å². The molecule has 0 aliphatic heterocycles. The maximum absolute atomic E-state index is 5.39. The van der Waals surface area contributed by atoms with Crippen molar-refractivity contribution in [2.45, 2.75) is 33.4 Å². The minimum absolute atomic E-state index is 0.729. The summed E-state index contributed by atoms with van der Waals surface area (Å²) in [6, 6.07) is 8.79. The molecule has 0 atom stereocenters. The van der Waals surface area contributed by atoms with Gasteiger partial charge in [0.2, 0.25) is 0 Å². The van der Waals surface area contributed by atoms with Gasteiger partial charge in [0, 0.05) is 13.1 Å². The van der Waals surface area contributed by atoms with Crippen LogP contribution in [-0.4, -0.2) is 24.5 Å². The first-order valence-corrected chi connectivity index (χ1v) is 6.74. The maximum atomic E-state index is 5.39. The van der Waals surface area contributed by atoms with Crippen molar-refractivity contribution in [3.8, 4) is 12.3 Å². The van der Waals surface area contributed by atoms with Crippen molar-refractivity contribution in [3.05, 3.63) is 35.4 Å². The van der Waals surface area contributed by atoms with Gasteiger partial charge in [0.05, 0.1) is 6.54 Å². The summed E-state index contributed by atoms with van der Waals surface area (Å²) >= 11 is 0. The quantitative estimate of drug-likeness (QED) is 0.707. The van der Waals surface area contributed by atoms with E-state index in [4.69, 9.17) is 6.42 Å². The molecule has 98 valence electrons. The molecule has 0 bridgehead atoms. The largest absolute Gasteiger partial charge is 0.313 e. The van der Waals surface area contributed by atoms with Crippen molar-refractivity contribution in [3.63, 3.8) is 0 Å². The lowest BCUT2D eigenvalue weighted by atomic mass is 10.1. The van der Waals surface area contributed by atoms with Crippen LogP contribution in [0.2, 0.25) is 0 Å². The lowest BCUT2D eigenvalue weighted by molar-refractivity contribution is 0.299. The first-order chi connectivity index (χ1) is 8.80. The summed E-state index contributed by atoms with van der Waals surface area (Å²) in [5.41, 5.74) is 2.67. The molecule has 1 aromatic carbocycles. The van der Waals surface area contributed by atoms with Gasteiger partial charge in [0.15, 0.2) is 0 Å². The summed E-state index contributed by atoms with van der Waals surface area (Å²) < 4.78 is 0. The van der Waals surface area contributed by atoms with E-state index in [1.165, 1.54) is 11.1 Å². The number of benzene rings is 1. The van der Waals surface area contributed by atoms with Gasteiger partial charge in [-0.15, -0.1) is 6.42 Å². The average Bonchev–Trinajstić information content (AvgIpc) is 2.38. The van der Waals surface area contributed by atoms with Crippen molar-refractivity contribution < 1.29 is 0 Å². The molecule has 1 aromatic rings. The highest BCUT2D eigenvalue weighted by Crippen LogP contribution is 2.08. The molecular formula is C16H24N2. The molecule has 0 spiro atoms. The molecule has 0 saturated carbocycles. The Labute approximate surface area is 111 Å². The summed E-state index contributed by atoms with van der Waals surface area (Å²) in [5.74, 6) is 2.73. The maximum Gasteiger partial charge on any atom is 0.0601 e. The number of terminal acetylenes is 1. The van der Waals surface area contributed by atoms with E-state index in [1.807, 2.05) is 0 Å². The van der Waals surface area contributed by atoms with Gasteiger partial charge in [-0.2, -0.15) is 0 Å². The SMILES string of the molecule is C#CCN(CCC)Cc1ccc(CNCC)cc1. The molecule has 0 aromatic heterocycles. The molecule has 2 nitrogen and oxygen atoms in total. The Kier molecular flexibility index (Phi) is 7.17. The van der Waals surface area contributed by atoms with Crippen LogP contribution in [0.5, 0.6) is 0 Å². The Balaban J connectivity index is 2.53. The zero-order valence-electron chi connectivity index (χ0n) is 11.6. The standard InChI is InChI=1S/C16H24N2/c1-4-11-18(12-5-2)14-16-9-7-15(8-10-16)13-17-6-3/h1,7-10,17H,5-6,11-14H2,2-3H3. The van der Waals surface area contributed by atoms with Gasteiger partial charge < -0.3 is 5.32 Å². The molecule has 0 fully saturated rings. The molecular weight excluding hydrogens is 220 g/mol. The van der Waals surface area contributed by atoms with Crippen LogP contribution in [0.25, 0.3) is 0 Å². The molecule has 0 unspecified atom stereocenters. The minimum atomic E-state index is 0.729. The van der Waals surface area contributed by atoms with Crippen molar-refractivity contribution in [2.24, 2.45) is 0 Å². The van der Waals surface area contributed by atoms with E-state index in [9.17, 15) is 0 Å². The Hall–Kier alpha value is -1.30. The Morgan fingerprint density at radius 2 is 1.83 bits per heavy atom. The number of hydrogen-bond acceptors (Lipinski definition) is 2. The molecule has 0 saturated heterocycles. The molecule has 18 heavy (non-hydrogen) atoms. The van der Waals surface area contributed by atoms with Crippen LogP contribution in [0.15, 0.2) is 24.3 Å². The lowest BCUT2D eigenvalue weighted by Gasteiger charge is -2.19. The molecule has 1 N–H and O–H groups in total. The van der Waals surface area contributed by atoms with Crippen LogP contribution >= 0.6 is 0 Å². The average molecular weight is 244 g/mol. The number of rotatable bonds is 8. The van der Waals surface area contributed by atoms with E-state index < -0.39 is 0 Å².